The normalized spacial score (nSPS) is 24.7. The Labute approximate surface area is 139 Å². The van der Waals surface area contributed by atoms with Gasteiger partial charge in [-0.05, 0) is 37.8 Å². The first-order valence-electron chi connectivity index (χ1n) is 8.81. The molecule has 2 aromatic rings. The highest BCUT2D eigenvalue weighted by molar-refractivity contribution is 5.76. The molecule has 0 spiro atoms. The summed E-state index contributed by atoms with van der Waals surface area (Å²) in [6.07, 6.45) is 4.50. The van der Waals surface area contributed by atoms with Crippen molar-refractivity contribution in [2.75, 3.05) is 31.1 Å². The van der Waals surface area contributed by atoms with Gasteiger partial charge >= 0.3 is 6.03 Å². The van der Waals surface area contributed by atoms with Crippen molar-refractivity contribution >= 4 is 17.5 Å². The van der Waals surface area contributed by atoms with E-state index in [-0.39, 0.29) is 12.1 Å². The van der Waals surface area contributed by atoms with E-state index in [1.54, 1.807) is 0 Å². The summed E-state index contributed by atoms with van der Waals surface area (Å²) in [6, 6.07) is 4.35. The molecule has 1 aliphatic carbocycles. The molecular formula is C16H21N7O. The van der Waals surface area contributed by atoms with E-state index in [1.165, 1.54) is 12.8 Å². The number of fused-ring (bicyclic) bond motifs is 1. The van der Waals surface area contributed by atoms with Crippen LogP contribution in [0.3, 0.4) is 0 Å². The molecule has 8 heteroatoms. The van der Waals surface area contributed by atoms with E-state index in [2.05, 4.69) is 20.4 Å². The number of urea groups is 1. The molecule has 3 fully saturated rings. The van der Waals surface area contributed by atoms with E-state index in [9.17, 15) is 4.79 Å². The minimum Gasteiger partial charge on any atom is -0.353 e. The SMILES string of the molecule is O=C1NCCN1C1CCCN(c2ccc3nnc(C4CC4)n3n2)C1. The van der Waals surface area contributed by atoms with Gasteiger partial charge in [-0.3, -0.25) is 0 Å². The third kappa shape index (κ3) is 2.28. The molecule has 1 atom stereocenters. The Morgan fingerprint density at radius 2 is 2.04 bits per heavy atom. The van der Waals surface area contributed by atoms with Gasteiger partial charge in [-0.1, -0.05) is 0 Å². The van der Waals surface area contributed by atoms with E-state index < -0.39 is 0 Å². The Balaban J connectivity index is 1.41. The molecule has 0 aromatic carbocycles. The van der Waals surface area contributed by atoms with Gasteiger partial charge in [-0.25, -0.2) is 4.79 Å². The number of anilines is 1. The number of aromatic nitrogens is 4. The number of carbonyl (C=O) groups excluding carboxylic acids is 1. The zero-order valence-corrected chi connectivity index (χ0v) is 13.6. The minimum absolute atomic E-state index is 0.0695. The number of rotatable bonds is 3. The maximum Gasteiger partial charge on any atom is 0.317 e. The maximum atomic E-state index is 11.9. The number of nitrogens with one attached hydrogen (secondary N) is 1. The molecule has 0 radical (unpaired) electrons. The predicted octanol–water partition coefficient (Wildman–Crippen LogP) is 0.996. The lowest BCUT2D eigenvalue weighted by Crippen LogP contribution is -2.49. The third-order valence-corrected chi connectivity index (χ3v) is 5.27. The highest BCUT2D eigenvalue weighted by atomic mass is 16.2. The number of piperidine rings is 1. The van der Waals surface area contributed by atoms with Crippen molar-refractivity contribution in [3.63, 3.8) is 0 Å². The Bertz CT molecular complexity index is 784. The van der Waals surface area contributed by atoms with Gasteiger partial charge in [-0.15, -0.1) is 15.3 Å². The number of carbonyl (C=O) groups is 1. The first-order valence-corrected chi connectivity index (χ1v) is 8.81. The number of hydrogen-bond acceptors (Lipinski definition) is 5. The van der Waals surface area contributed by atoms with E-state index in [1.807, 2.05) is 21.5 Å². The zero-order chi connectivity index (χ0) is 16.1. The molecule has 2 aliphatic heterocycles. The summed E-state index contributed by atoms with van der Waals surface area (Å²) >= 11 is 0. The molecular weight excluding hydrogens is 306 g/mol. The summed E-state index contributed by atoms with van der Waals surface area (Å²) in [6.45, 7) is 3.38. The van der Waals surface area contributed by atoms with Crippen LogP contribution in [0.1, 0.15) is 37.4 Å². The lowest BCUT2D eigenvalue weighted by atomic mass is 10.0. The van der Waals surface area contributed by atoms with Crippen molar-refractivity contribution in [3.05, 3.63) is 18.0 Å². The summed E-state index contributed by atoms with van der Waals surface area (Å²) in [4.78, 5) is 16.2. The van der Waals surface area contributed by atoms with E-state index in [4.69, 9.17) is 5.10 Å². The molecule has 1 unspecified atom stereocenters. The molecule has 126 valence electrons. The van der Waals surface area contributed by atoms with E-state index >= 15 is 0 Å². The Morgan fingerprint density at radius 1 is 1.12 bits per heavy atom. The van der Waals surface area contributed by atoms with Crippen LogP contribution in [-0.2, 0) is 0 Å². The van der Waals surface area contributed by atoms with Crippen LogP contribution in [0.15, 0.2) is 12.1 Å². The van der Waals surface area contributed by atoms with Crippen molar-refractivity contribution in [1.29, 1.82) is 0 Å². The largest absolute Gasteiger partial charge is 0.353 e. The molecule has 1 N–H and O–H groups in total. The van der Waals surface area contributed by atoms with Gasteiger partial charge in [0, 0.05) is 32.1 Å². The van der Waals surface area contributed by atoms with Gasteiger partial charge in [-0.2, -0.15) is 4.52 Å². The third-order valence-electron chi connectivity index (χ3n) is 5.27. The number of hydrogen-bond donors (Lipinski definition) is 1. The van der Waals surface area contributed by atoms with Crippen LogP contribution in [-0.4, -0.2) is 63.0 Å². The number of nitrogens with zero attached hydrogens (tertiary/aromatic N) is 6. The zero-order valence-electron chi connectivity index (χ0n) is 13.6. The van der Waals surface area contributed by atoms with Gasteiger partial charge in [0.1, 0.15) is 5.82 Å². The van der Waals surface area contributed by atoms with Crippen molar-refractivity contribution in [2.45, 2.75) is 37.6 Å². The van der Waals surface area contributed by atoms with Crippen molar-refractivity contribution in [3.8, 4) is 0 Å². The van der Waals surface area contributed by atoms with Crippen LogP contribution >= 0.6 is 0 Å². The number of amides is 2. The molecule has 2 saturated heterocycles. The second kappa shape index (κ2) is 5.32. The van der Waals surface area contributed by atoms with Gasteiger partial charge in [0.15, 0.2) is 11.5 Å². The summed E-state index contributed by atoms with van der Waals surface area (Å²) < 4.78 is 1.90. The fraction of sp³-hybridized carbons (Fsp3) is 0.625. The Morgan fingerprint density at radius 3 is 2.83 bits per heavy atom. The molecule has 5 rings (SSSR count). The van der Waals surface area contributed by atoms with Gasteiger partial charge < -0.3 is 15.1 Å². The molecule has 24 heavy (non-hydrogen) atoms. The minimum atomic E-state index is 0.0695. The lowest BCUT2D eigenvalue weighted by molar-refractivity contribution is 0.189. The molecule has 1 saturated carbocycles. The molecule has 2 aromatic heterocycles. The van der Waals surface area contributed by atoms with Gasteiger partial charge in [0.05, 0.1) is 6.04 Å². The average molecular weight is 327 g/mol. The monoisotopic (exact) mass is 327 g/mol. The highest BCUT2D eigenvalue weighted by Crippen LogP contribution is 2.38. The molecule has 2 amide bonds. The van der Waals surface area contributed by atoms with Crippen molar-refractivity contribution in [1.82, 2.24) is 30.0 Å². The molecule has 3 aliphatic rings. The standard InChI is InChI=1S/C16H21N7O/c24-16-17-7-9-22(16)12-2-1-8-21(10-12)14-6-5-13-18-19-15(11-3-4-11)23(13)20-14/h5-6,11-12H,1-4,7-10H2,(H,17,24). The Kier molecular flexibility index (Phi) is 3.11. The quantitative estimate of drug-likeness (QED) is 0.910. The average Bonchev–Trinajstić information content (AvgIpc) is 3.22. The second-order valence-electron chi connectivity index (χ2n) is 6.96. The summed E-state index contributed by atoms with van der Waals surface area (Å²) in [7, 11) is 0. The summed E-state index contributed by atoms with van der Waals surface area (Å²) in [5, 5.41) is 16.2. The van der Waals surface area contributed by atoms with Gasteiger partial charge in [0.2, 0.25) is 0 Å². The van der Waals surface area contributed by atoms with Crippen molar-refractivity contribution < 1.29 is 4.79 Å². The van der Waals surface area contributed by atoms with Gasteiger partial charge in [0.25, 0.3) is 0 Å². The van der Waals surface area contributed by atoms with Crippen LogP contribution in [0.4, 0.5) is 10.6 Å². The van der Waals surface area contributed by atoms with Crippen LogP contribution < -0.4 is 10.2 Å². The maximum absolute atomic E-state index is 11.9. The predicted molar refractivity (Wildman–Crippen MR) is 88.1 cm³/mol. The van der Waals surface area contributed by atoms with E-state index in [0.717, 1.165) is 56.3 Å². The highest BCUT2D eigenvalue weighted by Gasteiger charge is 2.32. The Hall–Kier alpha value is -2.38. The second-order valence-corrected chi connectivity index (χ2v) is 6.96. The topological polar surface area (TPSA) is 78.7 Å². The first kappa shape index (κ1) is 14.0. The fourth-order valence-electron chi connectivity index (χ4n) is 3.81. The summed E-state index contributed by atoms with van der Waals surface area (Å²) in [5.74, 6) is 2.46. The first-order chi connectivity index (χ1) is 11.8. The van der Waals surface area contributed by atoms with Crippen LogP contribution in [0.5, 0.6) is 0 Å². The molecule has 0 bridgehead atoms. The van der Waals surface area contributed by atoms with E-state index in [0.29, 0.717) is 5.92 Å². The van der Waals surface area contributed by atoms with Crippen LogP contribution in [0.25, 0.3) is 5.65 Å². The fourth-order valence-corrected chi connectivity index (χ4v) is 3.81. The smallest absolute Gasteiger partial charge is 0.317 e. The van der Waals surface area contributed by atoms with Crippen LogP contribution in [0.2, 0.25) is 0 Å². The van der Waals surface area contributed by atoms with Crippen LogP contribution in [0, 0.1) is 0 Å². The van der Waals surface area contributed by atoms with Crippen molar-refractivity contribution in [2.24, 2.45) is 0 Å². The lowest BCUT2D eigenvalue weighted by Gasteiger charge is -2.37. The molecule has 4 heterocycles. The summed E-state index contributed by atoms with van der Waals surface area (Å²) in [5.41, 5.74) is 0.813. The molecule has 8 nitrogen and oxygen atoms in total.